The van der Waals surface area contributed by atoms with E-state index in [-0.39, 0.29) is 24.3 Å². The van der Waals surface area contributed by atoms with Gasteiger partial charge in [-0.2, -0.15) is 0 Å². The van der Waals surface area contributed by atoms with Gasteiger partial charge in [-0.1, -0.05) is 30.3 Å². The fraction of sp³-hybridized carbons (Fsp3) is 0.222. The molecule has 0 bridgehead atoms. The van der Waals surface area contributed by atoms with Crippen molar-refractivity contribution in [3.8, 4) is 5.75 Å². The quantitative estimate of drug-likeness (QED) is 0.635. The van der Waals surface area contributed by atoms with E-state index in [0.29, 0.717) is 17.0 Å². The normalized spacial score (nSPS) is 11.6. The Bertz CT molecular complexity index is 699. The third-order valence-electron chi connectivity index (χ3n) is 3.45. The molecule has 2 aromatic carbocycles. The van der Waals surface area contributed by atoms with Crippen molar-refractivity contribution in [2.24, 2.45) is 0 Å². The third-order valence-corrected chi connectivity index (χ3v) is 3.45. The number of Topliss-reactive ketones (excluding diaryl/α,β-unsaturated/α-hetero) is 1. The van der Waals surface area contributed by atoms with Crippen LogP contribution in [-0.4, -0.2) is 18.3 Å². The van der Waals surface area contributed by atoms with Crippen molar-refractivity contribution in [1.82, 2.24) is 5.32 Å². The van der Waals surface area contributed by atoms with E-state index in [1.54, 1.807) is 18.2 Å². The summed E-state index contributed by atoms with van der Waals surface area (Å²) in [7, 11) is 0. The Kier molecular flexibility index (Phi) is 5.36. The second-order valence-corrected chi connectivity index (χ2v) is 5.30. The topological polar surface area (TPSA) is 81.4 Å². The number of nitrogens with two attached hydrogens (primary N) is 1. The lowest BCUT2D eigenvalue weighted by molar-refractivity contribution is -0.123. The van der Waals surface area contributed by atoms with E-state index in [2.05, 4.69) is 5.32 Å². The van der Waals surface area contributed by atoms with Gasteiger partial charge in [-0.05, 0) is 37.6 Å². The molecule has 2 aromatic rings. The van der Waals surface area contributed by atoms with Gasteiger partial charge >= 0.3 is 0 Å². The zero-order valence-corrected chi connectivity index (χ0v) is 13.2. The Morgan fingerprint density at radius 1 is 1.17 bits per heavy atom. The van der Waals surface area contributed by atoms with Crippen LogP contribution in [0.15, 0.2) is 48.5 Å². The first-order chi connectivity index (χ1) is 11.0. The SMILES string of the molecule is CC(=O)c1ccc(OCC(=O)NC(C)c2ccccc2)c(N)c1. The molecule has 1 unspecified atom stereocenters. The van der Waals surface area contributed by atoms with Crippen LogP contribution in [0, 0.1) is 0 Å². The van der Waals surface area contributed by atoms with Crippen molar-refractivity contribution >= 4 is 17.4 Å². The van der Waals surface area contributed by atoms with E-state index >= 15 is 0 Å². The predicted octanol–water partition coefficient (Wildman–Crippen LogP) is 2.73. The van der Waals surface area contributed by atoms with E-state index in [1.165, 1.54) is 6.92 Å². The fourth-order valence-corrected chi connectivity index (χ4v) is 2.15. The van der Waals surface area contributed by atoms with Crippen molar-refractivity contribution in [3.63, 3.8) is 0 Å². The molecule has 0 saturated heterocycles. The number of carbonyl (C=O) groups is 2. The van der Waals surface area contributed by atoms with Crippen LogP contribution in [0.2, 0.25) is 0 Å². The van der Waals surface area contributed by atoms with Gasteiger partial charge in [0.05, 0.1) is 11.7 Å². The maximum Gasteiger partial charge on any atom is 0.258 e. The van der Waals surface area contributed by atoms with Crippen LogP contribution in [-0.2, 0) is 4.79 Å². The highest BCUT2D eigenvalue weighted by molar-refractivity contribution is 5.95. The zero-order chi connectivity index (χ0) is 16.8. The Hall–Kier alpha value is -2.82. The largest absolute Gasteiger partial charge is 0.482 e. The van der Waals surface area contributed by atoms with Crippen molar-refractivity contribution in [1.29, 1.82) is 0 Å². The molecule has 0 aromatic heterocycles. The van der Waals surface area contributed by atoms with Gasteiger partial charge in [0, 0.05) is 5.56 Å². The van der Waals surface area contributed by atoms with Crippen LogP contribution < -0.4 is 15.8 Å². The van der Waals surface area contributed by atoms with Gasteiger partial charge < -0.3 is 15.8 Å². The minimum Gasteiger partial charge on any atom is -0.482 e. The molecule has 1 atom stereocenters. The molecule has 0 radical (unpaired) electrons. The molecule has 5 heteroatoms. The smallest absolute Gasteiger partial charge is 0.258 e. The summed E-state index contributed by atoms with van der Waals surface area (Å²) < 4.78 is 5.42. The average molecular weight is 312 g/mol. The molecule has 23 heavy (non-hydrogen) atoms. The molecule has 0 heterocycles. The predicted molar refractivity (Wildman–Crippen MR) is 89.4 cm³/mol. The number of amides is 1. The Morgan fingerprint density at radius 2 is 1.87 bits per heavy atom. The lowest BCUT2D eigenvalue weighted by atomic mass is 10.1. The van der Waals surface area contributed by atoms with Crippen molar-refractivity contribution in [2.45, 2.75) is 19.9 Å². The monoisotopic (exact) mass is 312 g/mol. The standard InChI is InChI=1S/C18H20N2O3/c1-12(14-6-4-3-5-7-14)20-18(22)11-23-17-9-8-15(13(2)21)10-16(17)19/h3-10,12H,11,19H2,1-2H3,(H,20,22). The number of hydrogen-bond acceptors (Lipinski definition) is 4. The molecule has 0 aliphatic carbocycles. The molecule has 5 nitrogen and oxygen atoms in total. The van der Waals surface area contributed by atoms with E-state index < -0.39 is 0 Å². The first kappa shape index (κ1) is 16.5. The fourth-order valence-electron chi connectivity index (χ4n) is 2.15. The molecule has 120 valence electrons. The van der Waals surface area contributed by atoms with Crippen LogP contribution in [0.4, 0.5) is 5.69 Å². The van der Waals surface area contributed by atoms with Gasteiger partial charge in [0.2, 0.25) is 0 Å². The highest BCUT2D eigenvalue weighted by Crippen LogP contribution is 2.22. The summed E-state index contributed by atoms with van der Waals surface area (Å²) in [6.45, 7) is 3.23. The summed E-state index contributed by atoms with van der Waals surface area (Å²) in [5.74, 6) is 0.0755. The Labute approximate surface area is 135 Å². The van der Waals surface area contributed by atoms with Crippen LogP contribution in [0.3, 0.4) is 0 Å². The van der Waals surface area contributed by atoms with Gasteiger partial charge in [0.25, 0.3) is 5.91 Å². The number of ether oxygens (including phenoxy) is 1. The lowest BCUT2D eigenvalue weighted by Gasteiger charge is -2.15. The Balaban J connectivity index is 1.91. The average Bonchev–Trinajstić information content (AvgIpc) is 2.54. The number of ketones is 1. The zero-order valence-electron chi connectivity index (χ0n) is 13.2. The number of nitrogens with one attached hydrogen (secondary N) is 1. The van der Waals surface area contributed by atoms with Gasteiger partial charge in [0.1, 0.15) is 5.75 Å². The number of rotatable bonds is 6. The molecule has 2 rings (SSSR count). The second-order valence-electron chi connectivity index (χ2n) is 5.30. The van der Waals surface area contributed by atoms with Crippen molar-refractivity contribution in [2.75, 3.05) is 12.3 Å². The first-order valence-corrected chi connectivity index (χ1v) is 7.35. The second kappa shape index (κ2) is 7.45. The maximum absolute atomic E-state index is 12.0. The molecular weight excluding hydrogens is 292 g/mol. The van der Waals surface area contributed by atoms with E-state index in [9.17, 15) is 9.59 Å². The van der Waals surface area contributed by atoms with Gasteiger partial charge in [-0.25, -0.2) is 0 Å². The lowest BCUT2D eigenvalue weighted by Crippen LogP contribution is -2.31. The number of benzene rings is 2. The molecular formula is C18H20N2O3. The van der Waals surface area contributed by atoms with Crippen LogP contribution in [0.5, 0.6) is 5.75 Å². The maximum atomic E-state index is 12.0. The molecule has 0 aliphatic rings. The molecule has 0 fully saturated rings. The minimum atomic E-state index is -0.239. The highest BCUT2D eigenvalue weighted by atomic mass is 16.5. The van der Waals surface area contributed by atoms with E-state index in [0.717, 1.165) is 5.56 Å². The Morgan fingerprint density at radius 3 is 2.48 bits per heavy atom. The molecule has 0 saturated carbocycles. The summed E-state index contributed by atoms with van der Waals surface area (Å²) in [5.41, 5.74) is 7.69. The van der Waals surface area contributed by atoms with Crippen LogP contribution >= 0.6 is 0 Å². The first-order valence-electron chi connectivity index (χ1n) is 7.35. The third kappa shape index (κ3) is 4.57. The summed E-state index contributed by atoms with van der Waals surface area (Å²) >= 11 is 0. The van der Waals surface area contributed by atoms with Crippen molar-refractivity contribution in [3.05, 3.63) is 59.7 Å². The van der Waals surface area contributed by atoms with E-state index in [4.69, 9.17) is 10.5 Å². The summed E-state index contributed by atoms with van der Waals surface area (Å²) in [4.78, 5) is 23.2. The van der Waals surface area contributed by atoms with Crippen LogP contribution in [0.1, 0.15) is 35.8 Å². The van der Waals surface area contributed by atoms with Gasteiger partial charge in [0.15, 0.2) is 12.4 Å². The number of hydrogen-bond donors (Lipinski definition) is 2. The van der Waals surface area contributed by atoms with Crippen LogP contribution in [0.25, 0.3) is 0 Å². The van der Waals surface area contributed by atoms with E-state index in [1.807, 2.05) is 37.3 Å². The number of nitrogen functional groups attached to an aromatic ring is 1. The molecule has 1 amide bonds. The molecule has 0 aliphatic heterocycles. The number of carbonyl (C=O) groups excluding carboxylic acids is 2. The summed E-state index contributed by atoms with van der Waals surface area (Å²) in [6, 6.07) is 14.3. The molecule has 0 spiro atoms. The summed E-state index contributed by atoms with van der Waals surface area (Å²) in [6.07, 6.45) is 0. The number of anilines is 1. The summed E-state index contributed by atoms with van der Waals surface area (Å²) in [5, 5.41) is 2.86. The minimum absolute atomic E-state index is 0.0716. The van der Waals surface area contributed by atoms with Gasteiger partial charge in [-0.3, -0.25) is 9.59 Å². The highest BCUT2D eigenvalue weighted by Gasteiger charge is 2.11. The van der Waals surface area contributed by atoms with Crippen molar-refractivity contribution < 1.29 is 14.3 Å². The van der Waals surface area contributed by atoms with Gasteiger partial charge in [-0.15, -0.1) is 0 Å². The molecule has 3 N–H and O–H groups in total.